The number of nitrogens with zero attached hydrogens (tertiary/aromatic N) is 4. The molecule has 1 aliphatic rings. The van der Waals surface area contributed by atoms with Crippen LogP contribution in [0.1, 0.15) is 16.7 Å². The van der Waals surface area contributed by atoms with Crippen LogP contribution in [0, 0.1) is 17.1 Å². The minimum absolute atomic E-state index is 0.0413. The molecule has 1 aliphatic heterocycles. The van der Waals surface area contributed by atoms with Crippen molar-refractivity contribution in [3.8, 4) is 17.6 Å². The van der Waals surface area contributed by atoms with Crippen LogP contribution < -0.4 is 10.3 Å². The number of benzene rings is 2. The van der Waals surface area contributed by atoms with Gasteiger partial charge in [-0.2, -0.15) is 5.26 Å². The number of aromatic nitrogens is 2. The number of hydrogen-bond donors (Lipinski definition) is 0. The number of aliphatic imine (C=N–C) groups is 1. The third-order valence-electron chi connectivity index (χ3n) is 4.31. The molecule has 1 aromatic heterocycles. The summed E-state index contributed by atoms with van der Waals surface area (Å²) in [5.41, 5.74) is 0.772. The van der Waals surface area contributed by atoms with Gasteiger partial charge in [-0.1, -0.05) is 33.6 Å². The average molecular weight is 474 g/mol. The zero-order chi connectivity index (χ0) is 20.5. The Bertz CT molecular complexity index is 1270. The molecule has 0 saturated heterocycles. The summed E-state index contributed by atoms with van der Waals surface area (Å²) in [7, 11) is 0. The van der Waals surface area contributed by atoms with Gasteiger partial charge in [0.1, 0.15) is 12.1 Å². The maximum absolute atomic E-state index is 15.1. The van der Waals surface area contributed by atoms with Gasteiger partial charge in [-0.3, -0.25) is 9.36 Å². The molecule has 0 fully saturated rings. The molecule has 144 valence electrons. The van der Waals surface area contributed by atoms with Crippen molar-refractivity contribution in [1.82, 2.24) is 9.55 Å². The molecule has 0 saturated carbocycles. The Hall–Kier alpha value is -3.02. The lowest BCUT2D eigenvalue weighted by Crippen LogP contribution is -2.24. The molecule has 0 spiro atoms. The van der Waals surface area contributed by atoms with E-state index in [0.717, 1.165) is 0 Å². The first-order valence-corrected chi connectivity index (χ1v) is 9.59. The predicted octanol–water partition coefficient (Wildman–Crippen LogP) is 4.77. The number of fused-ring (bicyclic) bond motifs is 1. The summed E-state index contributed by atoms with van der Waals surface area (Å²) < 4.78 is 22.7. The summed E-state index contributed by atoms with van der Waals surface area (Å²) >= 11 is 9.42. The fourth-order valence-corrected chi connectivity index (χ4v) is 3.58. The van der Waals surface area contributed by atoms with Gasteiger partial charge in [-0.15, -0.1) is 0 Å². The minimum Gasteiger partial charge on any atom is -0.453 e. The first-order chi connectivity index (χ1) is 14.0. The summed E-state index contributed by atoms with van der Waals surface area (Å²) in [6.45, 7) is -0.0413. The summed E-state index contributed by atoms with van der Waals surface area (Å²) in [6, 6.07) is 9.66. The topological polar surface area (TPSA) is 80.3 Å². The number of hydrogen-bond acceptors (Lipinski definition) is 5. The quantitative estimate of drug-likeness (QED) is 0.547. The standard InChI is InChI=1S/C20H11BrClFN4O2/c21-13-5-11(8-24)6-14(7-13)29-18-16(22)2-1-12(17(18)23)9-27-10-26-19-15(20(27)28)3-4-25-19/h1-2,4-7,10H,3,9H2. The van der Waals surface area contributed by atoms with Crippen molar-refractivity contribution >= 4 is 39.6 Å². The van der Waals surface area contributed by atoms with Crippen molar-refractivity contribution < 1.29 is 9.13 Å². The predicted molar refractivity (Wildman–Crippen MR) is 110 cm³/mol. The van der Waals surface area contributed by atoms with Gasteiger partial charge in [0.2, 0.25) is 0 Å². The molecule has 29 heavy (non-hydrogen) atoms. The Kier molecular flexibility index (Phi) is 5.18. The van der Waals surface area contributed by atoms with Gasteiger partial charge in [0.25, 0.3) is 5.56 Å². The van der Waals surface area contributed by atoms with E-state index in [2.05, 4.69) is 25.9 Å². The Morgan fingerprint density at radius 1 is 1.34 bits per heavy atom. The van der Waals surface area contributed by atoms with E-state index in [1.165, 1.54) is 29.1 Å². The lowest BCUT2D eigenvalue weighted by atomic mass is 10.2. The third kappa shape index (κ3) is 3.79. The highest BCUT2D eigenvalue weighted by molar-refractivity contribution is 9.10. The maximum atomic E-state index is 15.1. The van der Waals surface area contributed by atoms with Crippen LogP contribution in [0.15, 0.2) is 50.9 Å². The molecule has 0 radical (unpaired) electrons. The Morgan fingerprint density at radius 3 is 2.97 bits per heavy atom. The van der Waals surface area contributed by atoms with E-state index in [1.54, 1.807) is 18.3 Å². The number of halogens is 3. The van der Waals surface area contributed by atoms with Crippen molar-refractivity contribution in [2.24, 2.45) is 4.99 Å². The SMILES string of the molecule is N#Cc1cc(Br)cc(Oc2c(Cl)ccc(Cn3cnc4c(c3=O)CC=N4)c2F)c1. The fourth-order valence-electron chi connectivity index (χ4n) is 2.93. The van der Waals surface area contributed by atoms with Crippen LogP contribution in [-0.2, 0) is 13.0 Å². The summed E-state index contributed by atoms with van der Waals surface area (Å²) in [5.74, 6) is -0.228. The van der Waals surface area contributed by atoms with Crippen molar-refractivity contribution in [1.29, 1.82) is 5.26 Å². The van der Waals surface area contributed by atoms with Crippen LogP contribution >= 0.6 is 27.5 Å². The third-order valence-corrected chi connectivity index (χ3v) is 5.06. The highest BCUT2D eigenvalue weighted by Gasteiger charge is 2.19. The highest BCUT2D eigenvalue weighted by Crippen LogP contribution is 2.35. The molecule has 0 N–H and O–H groups in total. The Labute approximate surface area is 178 Å². The van der Waals surface area contributed by atoms with E-state index >= 15 is 4.39 Å². The van der Waals surface area contributed by atoms with Crippen LogP contribution in [0.25, 0.3) is 0 Å². The van der Waals surface area contributed by atoms with E-state index < -0.39 is 5.82 Å². The smallest absolute Gasteiger partial charge is 0.259 e. The van der Waals surface area contributed by atoms with Crippen molar-refractivity contribution in [3.05, 3.63) is 79.0 Å². The van der Waals surface area contributed by atoms with Gasteiger partial charge in [0, 0.05) is 22.7 Å². The molecule has 0 bridgehead atoms. The van der Waals surface area contributed by atoms with Crippen molar-refractivity contribution in [2.75, 3.05) is 0 Å². The molecule has 4 rings (SSSR count). The molecular formula is C20H11BrClFN4O2. The van der Waals surface area contributed by atoms with Crippen molar-refractivity contribution in [2.45, 2.75) is 13.0 Å². The molecule has 2 heterocycles. The zero-order valence-corrected chi connectivity index (χ0v) is 17.0. The van der Waals surface area contributed by atoms with Crippen LogP contribution in [-0.4, -0.2) is 15.8 Å². The van der Waals surface area contributed by atoms with E-state index in [9.17, 15) is 4.79 Å². The van der Waals surface area contributed by atoms with Gasteiger partial charge in [0.05, 0.1) is 28.8 Å². The molecule has 0 unspecified atom stereocenters. The van der Waals surface area contributed by atoms with Gasteiger partial charge in [-0.05, 0) is 24.3 Å². The largest absolute Gasteiger partial charge is 0.453 e. The van der Waals surface area contributed by atoms with E-state index in [4.69, 9.17) is 21.6 Å². The lowest BCUT2D eigenvalue weighted by molar-refractivity contribution is 0.437. The van der Waals surface area contributed by atoms with Crippen LogP contribution in [0.5, 0.6) is 11.5 Å². The van der Waals surface area contributed by atoms with Gasteiger partial charge >= 0.3 is 0 Å². The fraction of sp³-hybridized carbons (Fsp3) is 0.100. The van der Waals surface area contributed by atoms with E-state index in [1.807, 2.05) is 6.07 Å². The Balaban J connectivity index is 1.69. The molecule has 0 atom stereocenters. The summed E-state index contributed by atoms with van der Waals surface area (Å²) in [4.78, 5) is 20.7. The maximum Gasteiger partial charge on any atom is 0.259 e. The Morgan fingerprint density at radius 2 is 2.17 bits per heavy atom. The molecule has 9 heteroatoms. The second-order valence-corrected chi connectivity index (χ2v) is 7.56. The first kappa shape index (κ1) is 19.3. The average Bonchev–Trinajstić information content (AvgIpc) is 3.18. The second kappa shape index (κ2) is 7.78. The van der Waals surface area contributed by atoms with Gasteiger partial charge in [0.15, 0.2) is 17.4 Å². The van der Waals surface area contributed by atoms with Crippen LogP contribution in [0.3, 0.4) is 0 Å². The van der Waals surface area contributed by atoms with Gasteiger partial charge in [-0.25, -0.2) is 14.4 Å². The van der Waals surface area contributed by atoms with Crippen molar-refractivity contribution in [3.63, 3.8) is 0 Å². The monoisotopic (exact) mass is 472 g/mol. The van der Waals surface area contributed by atoms with Crippen LogP contribution in [0.2, 0.25) is 5.02 Å². The zero-order valence-electron chi connectivity index (χ0n) is 14.7. The first-order valence-electron chi connectivity index (χ1n) is 8.42. The number of ether oxygens (including phenoxy) is 1. The van der Waals surface area contributed by atoms with Gasteiger partial charge < -0.3 is 4.74 Å². The molecular weight excluding hydrogens is 463 g/mol. The molecule has 6 nitrogen and oxygen atoms in total. The van der Waals surface area contributed by atoms with E-state index in [-0.39, 0.29) is 34.2 Å². The molecule has 0 amide bonds. The molecule has 2 aromatic carbocycles. The van der Waals surface area contributed by atoms with E-state index in [0.29, 0.717) is 27.8 Å². The molecule has 0 aliphatic carbocycles. The summed E-state index contributed by atoms with van der Waals surface area (Å²) in [6.07, 6.45) is 3.36. The minimum atomic E-state index is -0.695. The highest BCUT2D eigenvalue weighted by atomic mass is 79.9. The molecule has 3 aromatic rings. The lowest BCUT2D eigenvalue weighted by Gasteiger charge is -2.13. The number of rotatable bonds is 4. The summed E-state index contributed by atoms with van der Waals surface area (Å²) in [5, 5.41) is 9.16. The second-order valence-electron chi connectivity index (χ2n) is 6.23. The van der Waals surface area contributed by atoms with Crippen LogP contribution in [0.4, 0.5) is 10.2 Å². The number of nitriles is 1. The normalized spacial score (nSPS) is 11.9.